The fourth-order valence-electron chi connectivity index (χ4n) is 3.60. The van der Waals surface area contributed by atoms with Gasteiger partial charge in [-0.05, 0) is 42.3 Å². The highest BCUT2D eigenvalue weighted by Gasteiger charge is 2.35. The first-order chi connectivity index (χ1) is 15.4. The molecule has 1 fully saturated rings. The van der Waals surface area contributed by atoms with Gasteiger partial charge in [0.05, 0.1) is 10.8 Å². The molecule has 0 saturated carbocycles. The first-order valence-corrected chi connectivity index (χ1v) is 12.4. The highest BCUT2D eigenvalue weighted by atomic mass is 32.2. The summed E-state index contributed by atoms with van der Waals surface area (Å²) in [5.41, 5.74) is 2.37. The van der Waals surface area contributed by atoms with E-state index in [1.165, 1.54) is 41.8 Å². The number of sulfonamides is 1. The number of thiazole rings is 1. The normalized spacial score (nSPS) is 16.2. The summed E-state index contributed by atoms with van der Waals surface area (Å²) >= 11 is 1.18. The molecular formula is C22H22N4O4S2. The number of aryl methyl sites for hydroxylation is 1. The summed E-state index contributed by atoms with van der Waals surface area (Å²) in [6.45, 7) is 2.34. The Labute approximate surface area is 190 Å². The summed E-state index contributed by atoms with van der Waals surface area (Å²) in [5, 5.41) is 4.74. The molecule has 32 heavy (non-hydrogen) atoms. The van der Waals surface area contributed by atoms with Crippen molar-refractivity contribution in [1.29, 1.82) is 0 Å². The second kappa shape index (κ2) is 9.09. The fraction of sp³-hybridized carbons (Fsp3) is 0.227. The number of hydrogen-bond acceptors (Lipinski definition) is 6. The fourth-order valence-corrected chi connectivity index (χ4v) is 5.39. The van der Waals surface area contributed by atoms with Crippen LogP contribution in [-0.4, -0.2) is 31.8 Å². The third-order valence-electron chi connectivity index (χ3n) is 5.25. The molecule has 1 saturated heterocycles. The first-order valence-electron chi connectivity index (χ1n) is 10.1. The summed E-state index contributed by atoms with van der Waals surface area (Å²) in [7, 11) is -3.76. The minimum absolute atomic E-state index is 0.0593. The number of anilines is 3. The van der Waals surface area contributed by atoms with Gasteiger partial charge in [0.1, 0.15) is 0 Å². The first kappa shape index (κ1) is 22.0. The molecule has 0 bridgehead atoms. The molecule has 2 amide bonds. The number of hydrogen-bond donors (Lipinski definition) is 2. The van der Waals surface area contributed by atoms with Crippen LogP contribution in [0.3, 0.4) is 0 Å². The molecule has 1 aliphatic heterocycles. The standard InChI is InChI=1S/C22H22N4O4S2/c1-2-15-5-3-4-6-19(15)26-14-16(13-20(26)27)21(28)24-17-7-9-18(10-8-17)32(29,30)25-22-23-11-12-31-22/h3-12,16H,2,13-14H2,1H3,(H,23,25)(H,24,28). The van der Waals surface area contributed by atoms with Gasteiger partial charge in [-0.1, -0.05) is 25.1 Å². The van der Waals surface area contributed by atoms with E-state index in [2.05, 4.69) is 15.0 Å². The Kier molecular flexibility index (Phi) is 6.24. The lowest BCUT2D eigenvalue weighted by atomic mass is 10.1. The van der Waals surface area contributed by atoms with Crippen LogP contribution in [0.2, 0.25) is 0 Å². The van der Waals surface area contributed by atoms with E-state index in [9.17, 15) is 18.0 Å². The van der Waals surface area contributed by atoms with Crippen molar-refractivity contribution in [1.82, 2.24) is 4.98 Å². The number of benzene rings is 2. The predicted octanol–water partition coefficient (Wildman–Crippen LogP) is 3.50. The van der Waals surface area contributed by atoms with Gasteiger partial charge < -0.3 is 10.2 Å². The van der Waals surface area contributed by atoms with Crippen molar-refractivity contribution in [2.75, 3.05) is 21.5 Å². The Morgan fingerprint density at radius 2 is 1.94 bits per heavy atom. The second-order valence-electron chi connectivity index (χ2n) is 7.34. The number of carbonyl (C=O) groups excluding carboxylic acids is 2. The SMILES string of the molecule is CCc1ccccc1N1CC(C(=O)Nc2ccc(S(=O)(=O)Nc3nccs3)cc2)CC1=O. The quantitative estimate of drug-likeness (QED) is 0.549. The Morgan fingerprint density at radius 3 is 2.62 bits per heavy atom. The third kappa shape index (κ3) is 4.66. The van der Waals surface area contributed by atoms with Crippen LogP contribution >= 0.6 is 11.3 Å². The van der Waals surface area contributed by atoms with Crippen molar-refractivity contribution in [3.8, 4) is 0 Å². The van der Waals surface area contributed by atoms with Crippen LogP contribution in [0.4, 0.5) is 16.5 Å². The van der Waals surface area contributed by atoms with Crippen LogP contribution in [0.5, 0.6) is 0 Å². The number of aromatic nitrogens is 1. The summed E-state index contributed by atoms with van der Waals surface area (Å²) in [6.07, 6.45) is 2.44. The Balaban J connectivity index is 1.41. The van der Waals surface area contributed by atoms with Gasteiger partial charge >= 0.3 is 0 Å². The average molecular weight is 471 g/mol. The maximum absolute atomic E-state index is 12.8. The number of rotatable bonds is 7. The lowest BCUT2D eigenvalue weighted by Crippen LogP contribution is -2.28. The van der Waals surface area contributed by atoms with E-state index in [1.54, 1.807) is 10.3 Å². The zero-order valence-electron chi connectivity index (χ0n) is 17.3. The highest BCUT2D eigenvalue weighted by Crippen LogP contribution is 2.29. The molecule has 4 rings (SSSR count). The van der Waals surface area contributed by atoms with E-state index in [-0.39, 0.29) is 28.3 Å². The topological polar surface area (TPSA) is 108 Å². The van der Waals surface area contributed by atoms with Gasteiger partial charge in [-0.25, -0.2) is 13.4 Å². The van der Waals surface area contributed by atoms with Crippen LogP contribution in [0.15, 0.2) is 65.0 Å². The molecular weight excluding hydrogens is 448 g/mol. The van der Waals surface area contributed by atoms with Crippen molar-refractivity contribution in [2.45, 2.75) is 24.7 Å². The van der Waals surface area contributed by atoms with Crippen molar-refractivity contribution in [3.05, 3.63) is 65.7 Å². The predicted molar refractivity (Wildman–Crippen MR) is 124 cm³/mol. The van der Waals surface area contributed by atoms with Gasteiger partial charge in [0.2, 0.25) is 11.8 Å². The zero-order chi connectivity index (χ0) is 22.7. The molecule has 2 heterocycles. The van der Waals surface area contributed by atoms with Crippen LogP contribution in [0.25, 0.3) is 0 Å². The monoisotopic (exact) mass is 470 g/mol. The number of nitrogens with zero attached hydrogens (tertiary/aromatic N) is 2. The van der Waals surface area contributed by atoms with E-state index in [4.69, 9.17) is 0 Å². The molecule has 0 radical (unpaired) electrons. The largest absolute Gasteiger partial charge is 0.326 e. The molecule has 0 aliphatic carbocycles. The molecule has 1 atom stereocenters. The molecule has 2 N–H and O–H groups in total. The Bertz CT molecular complexity index is 1230. The van der Waals surface area contributed by atoms with Gasteiger partial charge in [0, 0.05) is 35.9 Å². The Morgan fingerprint density at radius 1 is 1.19 bits per heavy atom. The molecule has 10 heteroatoms. The lowest BCUT2D eigenvalue weighted by molar-refractivity contribution is -0.122. The summed E-state index contributed by atoms with van der Waals surface area (Å²) < 4.78 is 27.3. The molecule has 3 aromatic rings. The molecule has 1 aliphatic rings. The van der Waals surface area contributed by atoms with Gasteiger partial charge in [0.15, 0.2) is 5.13 Å². The van der Waals surface area contributed by atoms with Crippen molar-refractivity contribution in [2.24, 2.45) is 5.92 Å². The molecule has 8 nitrogen and oxygen atoms in total. The summed E-state index contributed by atoms with van der Waals surface area (Å²) in [6, 6.07) is 13.6. The minimum atomic E-state index is -3.76. The van der Waals surface area contributed by atoms with Gasteiger partial charge in [0.25, 0.3) is 10.0 Å². The maximum atomic E-state index is 12.8. The molecule has 1 aromatic heterocycles. The maximum Gasteiger partial charge on any atom is 0.263 e. The molecule has 166 valence electrons. The smallest absolute Gasteiger partial charge is 0.263 e. The average Bonchev–Trinajstić information content (AvgIpc) is 3.43. The van der Waals surface area contributed by atoms with Crippen LogP contribution in [0, 0.1) is 5.92 Å². The van der Waals surface area contributed by atoms with Crippen molar-refractivity contribution in [3.63, 3.8) is 0 Å². The van der Waals surface area contributed by atoms with Crippen molar-refractivity contribution < 1.29 is 18.0 Å². The van der Waals surface area contributed by atoms with Gasteiger partial charge in [-0.15, -0.1) is 11.3 Å². The second-order valence-corrected chi connectivity index (χ2v) is 9.92. The van der Waals surface area contributed by atoms with Crippen LogP contribution < -0.4 is 14.9 Å². The number of para-hydroxylation sites is 1. The van der Waals surface area contributed by atoms with E-state index in [0.29, 0.717) is 12.2 Å². The number of nitrogens with one attached hydrogen (secondary N) is 2. The zero-order valence-corrected chi connectivity index (χ0v) is 18.9. The number of amides is 2. The van der Waals surface area contributed by atoms with E-state index < -0.39 is 15.9 Å². The summed E-state index contributed by atoms with van der Waals surface area (Å²) in [4.78, 5) is 31.0. The molecule has 0 spiro atoms. The van der Waals surface area contributed by atoms with Gasteiger partial charge in [-0.2, -0.15) is 0 Å². The van der Waals surface area contributed by atoms with Crippen LogP contribution in [0.1, 0.15) is 18.9 Å². The molecule has 2 aromatic carbocycles. The number of carbonyl (C=O) groups is 2. The minimum Gasteiger partial charge on any atom is -0.326 e. The van der Waals surface area contributed by atoms with Crippen molar-refractivity contribution >= 4 is 49.7 Å². The van der Waals surface area contributed by atoms with E-state index in [0.717, 1.165) is 17.7 Å². The summed E-state index contributed by atoms with van der Waals surface area (Å²) in [5.74, 6) is -0.838. The Hall–Kier alpha value is -3.24. The molecule has 1 unspecified atom stereocenters. The highest BCUT2D eigenvalue weighted by molar-refractivity contribution is 7.93. The van der Waals surface area contributed by atoms with Gasteiger partial charge in [-0.3, -0.25) is 14.3 Å². The van der Waals surface area contributed by atoms with E-state index in [1.807, 2.05) is 31.2 Å². The van der Waals surface area contributed by atoms with E-state index >= 15 is 0 Å². The third-order valence-corrected chi connectivity index (χ3v) is 7.42. The van der Waals surface area contributed by atoms with Crippen LogP contribution in [-0.2, 0) is 26.0 Å². The lowest BCUT2D eigenvalue weighted by Gasteiger charge is -2.20.